The molecule has 0 radical (unpaired) electrons. The van der Waals surface area contributed by atoms with Crippen LogP contribution in [0.15, 0.2) is 78.6 Å². The minimum Gasteiger partial charge on any atom is -0.493 e. The molecule has 0 atom stereocenters. The average Bonchev–Trinajstić information content (AvgIpc) is 2.88. The second-order valence-electron chi connectivity index (χ2n) is 7.15. The van der Waals surface area contributed by atoms with Gasteiger partial charge in [0.2, 0.25) is 5.76 Å². The van der Waals surface area contributed by atoms with Crippen molar-refractivity contribution < 1.29 is 28.1 Å². The normalized spacial score (nSPS) is 11.1. The van der Waals surface area contributed by atoms with E-state index < -0.39 is 12.6 Å². The SMILES string of the molecule is COC(=O)C(=Cc1ccc(OCCCOc2ccc(-c3ccccc3)cc2)c(CF)c1)OC. The van der Waals surface area contributed by atoms with E-state index in [0.29, 0.717) is 36.5 Å². The first-order valence-corrected chi connectivity index (χ1v) is 10.6. The summed E-state index contributed by atoms with van der Waals surface area (Å²) < 4.78 is 34.7. The smallest absolute Gasteiger partial charge is 0.373 e. The summed E-state index contributed by atoms with van der Waals surface area (Å²) in [5.41, 5.74) is 3.29. The summed E-state index contributed by atoms with van der Waals surface area (Å²) in [5.74, 6) is 0.674. The van der Waals surface area contributed by atoms with E-state index in [9.17, 15) is 9.18 Å². The van der Waals surface area contributed by atoms with Gasteiger partial charge in [0, 0.05) is 12.0 Å². The Kier molecular flexibility index (Phi) is 8.88. The van der Waals surface area contributed by atoms with Gasteiger partial charge in [-0.3, -0.25) is 0 Å². The van der Waals surface area contributed by atoms with E-state index in [2.05, 4.69) is 16.9 Å². The predicted molar refractivity (Wildman–Crippen MR) is 126 cm³/mol. The molecule has 0 bridgehead atoms. The zero-order valence-electron chi connectivity index (χ0n) is 18.8. The van der Waals surface area contributed by atoms with Gasteiger partial charge in [-0.05, 0) is 47.0 Å². The Bertz CT molecular complexity index is 1060. The van der Waals surface area contributed by atoms with E-state index in [1.54, 1.807) is 18.2 Å². The van der Waals surface area contributed by atoms with Crippen LogP contribution in [0.5, 0.6) is 11.5 Å². The van der Waals surface area contributed by atoms with Crippen LogP contribution in [0.25, 0.3) is 17.2 Å². The van der Waals surface area contributed by atoms with E-state index in [1.807, 2.05) is 42.5 Å². The summed E-state index contributed by atoms with van der Waals surface area (Å²) >= 11 is 0. The molecule has 0 aliphatic rings. The highest BCUT2D eigenvalue weighted by Crippen LogP contribution is 2.24. The number of carbonyl (C=O) groups is 1. The molecule has 6 heteroatoms. The number of hydrogen-bond donors (Lipinski definition) is 0. The Morgan fingerprint density at radius 2 is 1.55 bits per heavy atom. The minimum atomic E-state index is -0.693. The summed E-state index contributed by atoms with van der Waals surface area (Å²) in [7, 11) is 2.64. The lowest BCUT2D eigenvalue weighted by Gasteiger charge is -2.12. The van der Waals surface area contributed by atoms with Gasteiger partial charge in [0.15, 0.2) is 0 Å². The van der Waals surface area contributed by atoms with Crippen molar-refractivity contribution in [2.45, 2.75) is 13.1 Å². The molecule has 0 N–H and O–H groups in total. The predicted octanol–water partition coefficient (Wildman–Crippen LogP) is 5.83. The van der Waals surface area contributed by atoms with Crippen molar-refractivity contribution in [1.82, 2.24) is 0 Å². The summed E-state index contributed by atoms with van der Waals surface area (Å²) in [6.45, 7) is 0.171. The van der Waals surface area contributed by atoms with Crippen LogP contribution in [0.4, 0.5) is 4.39 Å². The van der Waals surface area contributed by atoms with Crippen molar-refractivity contribution >= 4 is 12.0 Å². The lowest BCUT2D eigenvalue weighted by molar-refractivity contribution is -0.139. The first-order chi connectivity index (χ1) is 16.1. The first-order valence-electron chi connectivity index (χ1n) is 10.6. The van der Waals surface area contributed by atoms with E-state index in [0.717, 1.165) is 16.9 Å². The number of alkyl halides is 1. The van der Waals surface area contributed by atoms with Gasteiger partial charge in [-0.25, -0.2) is 9.18 Å². The highest BCUT2D eigenvalue weighted by Gasteiger charge is 2.11. The average molecular weight is 451 g/mol. The van der Waals surface area contributed by atoms with Gasteiger partial charge >= 0.3 is 5.97 Å². The molecule has 3 aromatic rings. The van der Waals surface area contributed by atoms with Crippen molar-refractivity contribution in [3.8, 4) is 22.6 Å². The number of methoxy groups -OCH3 is 2. The van der Waals surface area contributed by atoms with Crippen LogP contribution in [0.3, 0.4) is 0 Å². The quantitative estimate of drug-likeness (QED) is 0.159. The molecule has 3 aromatic carbocycles. The van der Waals surface area contributed by atoms with Gasteiger partial charge in [-0.2, -0.15) is 0 Å². The third-order valence-electron chi connectivity index (χ3n) is 4.91. The number of ether oxygens (including phenoxy) is 4. The maximum Gasteiger partial charge on any atom is 0.373 e. The van der Waals surface area contributed by atoms with Gasteiger partial charge in [0.25, 0.3) is 0 Å². The lowest BCUT2D eigenvalue weighted by atomic mass is 10.1. The van der Waals surface area contributed by atoms with Crippen molar-refractivity contribution in [3.63, 3.8) is 0 Å². The monoisotopic (exact) mass is 450 g/mol. The second-order valence-corrected chi connectivity index (χ2v) is 7.15. The molecule has 0 amide bonds. The van der Waals surface area contributed by atoms with Crippen LogP contribution < -0.4 is 9.47 Å². The van der Waals surface area contributed by atoms with Gasteiger partial charge in [-0.15, -0.1) is 0 Å². The summed E-state index contributed by atoms with van der Waals surface area (Å²) in [6.07, 6.45) is 2.13. The Labute approximate surface area is 193 Å². The van der Waals surface area contributed by atoms with Crippen LogP contribution in [0.1, 0.15) is 17.5 Å². The third-order valence-corrected chi connectivity index (χ3v) is 4.91. The molecule has 33 heavy (non-hydrogen) atoms. The Hall–Kier alpha value is -3.80. The zero-order chi connectivity index (χ0) is 23.5. The number of carbonyl (C=O) groups excluding carboxylic acids is 1. The molecule has 172 valence electrons. The maximum absolute atomic E-state index is 13.5. The topological polar surface area (TPSA) is 54.0 Å². The minimum absolute atomic E-state index is 0.0323. The fraction of sp³-hybridized carbons (Fsp3) is 0.222. The zero-order valence-corrected chi connectivity index (χ0v) is 18.8. The highest BCUT2D eigenvalue weighted by molar-refractivity contribution is 5.91. The molecule has 0 unspecified atom stereocenters. The van der Waals surface area contributed by atoms with Crippen molar-refractivity contribution in [1.29, 1.82) is 0 Å². The van der Waals surface area contributed by atoms with E-state index in [4.69, 9.17) is 14.2 Å². The fourth-order valence-corrected chi connectivity index (χ4v) is 3.19. The molecular formula is C27H27FO5. The first kappa shape index (κ1) is 23.9. The molecule has 0 aromatic heterocycles. The molecule has 5 nitrogen and oxygen atoms in total. The Balaban J connectivity index is 1.49. The van der Waals surface area contributed by atoms with E-state index >= 15 is 0 Å². The Morgan fingerprint density at radius 1 is 0.848 bits per heavy atom. The molecule has 3 rings (SSSR count). The number of hydrogen-bond acceptors (Lipinski definition) is 5. The molecule has 0 aliphatic heterocycles. The summed E-state index contributed by atoms with van der Waals surface area (Å²) in [6, 6.07) is 23.1. The van der Waals surface area contributed by atoms with Crippen molar-refractivity contribution in [2.75, 3.05) is 27.4 Å². The van der Waals surface area contributed by atoms with Crippen LogP contribution in [0.2, 0.25) is 0 Å². The molecule has 0 heterocycles. The summed E-state index contributed by atoms with van der Waals surface area (Å²) in [5, 5.41) is 0. The van der Waals surface area contributed by atoms with Crippen LogP contribution in [-0.2, 0) is 20.9 Å². The summed E-state index contributed by atoms with van der Waals surface area (Å²) in [4.78, 5) is 11.6. The molecule has 0 aliphatic carbocycles. The molecule has 0 saturated heterocycles. The standard InChI is InChI=1S/C27H27FO5/c1-30-26(27(29)31-2)18-20-9-14-25(23(17-20)19-28)33-16-6-15-32-24-12-10-22(11-13-24)21-7-4-3-5-8-21/h3-5,7-14,17-18H,6,15-16,19H2,1-2H3. The second kappa shape index (κ2) is 12.3. The van der Waals surface area contributed by atoms with Gasteiger partial charge in [0.05, 0.1) is 27.4 Å². The number of benzene rings is 3. The number of esters is 1. The fourth-order valence-electron chi connectivity index (χ4n) is 3.19. The highest BCUT2D eigenvalue weighted by atomic mass is 19.1. The van der Waals surface area contributed by atoms with Crippen LogP contribution >= 0.6 is 0 Å². The van der Waals surface area contributed by atoms with E-state index in [-0.39, 0.29) is 5.76 Å². The van der Waals surface area contributed by atoms with Crippen molar-refractivity contribution in [2.24, 2.45) is 0 Å². The molecule has 0 fully saturated rings. The largest absolute Gasteiger partial charge is 0.493 e. The third kappa shape index (κ3) is 6.84. The van der Waals surface area contributed by atoms with Gasteiger partial charge in [0.1, 0.15) is 18.2 Å². The molecular weight excluding hydrogens is 423 g/mol. The number of rotatable bonds is 11. The van der Waals surface area contributed by atoms with Crippen LogP contribution in [0, 0.1) is 0 Å². The van der Waals surface area contributed by atoms with Gasteiger partial charge in [-0.1, -0.05) is 48.5 Å². The van der Waals surface area contributed by atoms with E-state index in [1.165, 1.54) is 20.3 Å². The van der Waals surface area contributed by atoms with Crippen molar-refractivity contribution in [3.05, 3.63) is 89.7 Å². The lowest BCUT2D eigenvalue weighted by Crippen LogP contribution is -2.07. The van der Waals surface area contributed by atoms with Crippen LogP contribution in [-0.4, -0.2) is 33.4 Å². The Morgan fingerprint density at radius 3 is 2.21 bits per heavy atom. The maximum atomic E-state index is 13.5. The van der Waals surface area contributed by atoms with Gasteiger partial charge < -0.3 is 18.9 Å². The number of halogens is 1. The molecule has 0 saturated carbocycles. The molecule has 0 spiro atoms.